The Kier molecular flexibility index (Phi) is 10.3. The van der Waals surface area contributed by atoms with Crippen molar-refractivity contribution in [2.24, 2.45) is 23.7 Å². The van der Waals surface area contributed by atoms with Crippen molar-refractivity contribution in [3.8, 4) is 0 Å². The molecule has 2 heterocycles. The molecule has 4 fully saturated rings. The van der Waals surface area contributed by atoms with Gasteiger partial charge in [-0.25, -0.2) is 0 Å². The van der Waals surface area contributed by atoms with E-state index in [4.69, 9.17) is 23.7 Å². The van der Waals surface area contributed by atoms with Crippen LogP contribution in [0.3, 0.4) is 0 Å². The summed E-state index contributed by atoms with van der Waals surface area (Å²) < 4.78 is 28.7. The minimum Gasteiger partial charge on any atom is -0.390 e. The van der Waals surface area contributed by atoms with Crippen molar-refractivity contribution in [2.45, 2.75) is 95.2 Å². The zero-order valence-corrected chi connectivity index (χ0v) is 20.4. The lowest BCUT2D eigenvalue weighted by molar-refractivity contribution is -0.105. The van der Waals surface area contributed by atoms with Crippen molar-refractivity contribution in [1.82, 2.24) is 0 Å². The molecular formula is C26H46O7. The van der Waals surface area contributed by atoms with Gasteiger partial charge in [0.05, 0.1) is 64.1 Å². The SMILES string of the molecule is CCCOCC(COCC(O)C1CCCC(C2CO2)C1)OCC(O)C1CCCC(C2CO2)C1. The monoisotopic (exact) mass is 470 g/mol. The summed E-state index contributed by atoms with van der Waals surface area (Å²) in [5.74, 6) is 1.77. The van der Waals surface area contributed by atoms with E-state index in [0.29, 0.717) is 63.0 Å². The summed E-state index contributed by atoms with van der Waals surface area (Å²) in [7, 11) is 0. The van der Waals surface area contributed by atoms with Gasteiger partial charge in [0.2, 0.25) is 0 Å². The molecule has 7 nitrogen and oxygen atoms in total. The average Bonchev–Trinajstić information content (AvgIpc) is 3.75. The normalized spacial score (nSPS) is 36.8. The number of epoxide rings is 2. The van der Waals surface area contributed by atoms with Crippen molar-refractivity contribution in [3.05, 3.63) is 0 Å². The summed E-state index contributed by atoms with van der Waals surface area (Å²) in [5, 5.41) is 21.5. The van der Waals surface area contributed by atoms with Crippen molar-refractivity contribution in [2.75, 3.05) is 46.2 Å². The minimum atomic E-state index is -0.463. The van der Waals surface area contributed by atoms with Gasteiger partial charge in [0, 0.05) is 6.61 Å². The summed E-state index contributed by atoms with van der Waals surface area (Å²) in [4.78, 5) is 0. The molecule has 9 atom stereocenters. The molecule has 2 aliphatic carbocycles. The smallest absolute Gasteiger partial charge is 0.104 e. The lowest BCUT2D eigenvalue weighted by Gasteiger charge is -2.32. The quantitative estimate of drug-likeness (QED) is 0.281. The Bertz CT molecular complexity index is 553. The molecule has 2 aliphatic heterocycles. The third-order valence-corrected chi connectivity index (χ3v) is 8.12. The Morgan fingerprint density at radius 3 is 1.85 bits per heavy atom. The molecule has 4 rings (SSSR count). The summed E-state index contributed by atoms with van der Waals surface area (Å²) in [6, 6.07) is 0. The summed E-state index contributed by atoms with van der Waals surface area (Å²) in [6.45, 7) is 6.00. The van der Waals surface area contributed by atoms with Gasteiger partial charge in [0.25, 0.3) is 0 Å². The van der Waals surface area contributed by atoms with Gasteiger partial charge < -0.3 is 33.9 Å². The maximum Gasteiger partial charge on any atom is 0.104 e. The van der Waals surface area contributed by atoms with Gasteiger partial charge in [0.1, 0.15) is 6.10 Å². The number of rotatable bonds is 15. The molecule has 192 valence electrons. The molecule has 7 heteroatoms. The van der Waals surface area contributed by atoms with E-state index in [1.54, 1.807) is 0 Å². The van der Waals surface area contributed by atoms with Crippen molar-refractivity contribution >= 4 is 0 Å². The van der Waals surface area contributed by atoms with E-state index < -0.39 is 12.2 Å². The van der Waals surface area contributed by atoms with Crippen LogP contribution in [0.15, 0.2) is 0 Å². The fraction of sp³-hybridized carbons (Fsp3) is 1.00. The molecule has 0 bridgehead atoms. The summed E-state index contributed by atoms with van der Waals surface area (Å²) in [6.07, 6.45) is 9.61. The van der Waals surface area contributed by atoms with E-state index in [-0.39, 0.29) is 12.0 Å². The lowest BCUT2D eigenvalue weighted by Crippen LogP contribution is -2.36. The first-order valence-electron chi connectivity index (χ1n) is 13.5. The zero-order valence-electron chi connectivity index (χ0n) is 20.4. The van der Waals surface area contributed by atoms with Gasteiger partial charge in [-0.05, 0) is 68.6 Å². The highest BCUT2D eigenvalue weighted by molar-refractivity contribution is 4.88. The maximum atomic E-state index is 10.8. The molecule has 9 unspecified atom stereocenters. The number of hydrogen-bond acceptors (Lipinski definition) is 7. The van der Waals surface area contributed by atoms with Crippen LogP contribution in [0.1, 0.15) is 64.7 Å². The number of aliphatic hydroxyl groups is 2. The van der Waals surface area contributed by atoms with Gasteiger partial charge in [-0.3, -0.25) is 0 Å². The predicted octanol–water partition coefficient (Wildman–Crippen LogP) is 2.95. The molecule has 33 heavy (non-hydrogen) atoms. The topological polar surface area (TPSA) is 93.2 Å². The first kappa shape index (κ1) is 25.8. The first-order chi connectivity index (χ1) is 16.1. The third-order valence-electron chi connectivity index (χ3n) is 8.12. The highest BCUT2D eigenvalue weighted by atomic mass is 16.6. The molecular weight excluding hydrogens is 424 g/mol. The van der Waals surface area contributed by atoms with E-state index in [1.807, 2.05) is 0 Å². The molecule has 0 radical (unpaired) electrons. The lowest BCUT2D eigenvalue weighted by atomic mass is 9.77. The summed E-state index contributed by atoms with van der Waals surface area (Å²) >= 11 is 0. The van der Waals surface area contributed by atoms with Crippen LogP contribution in [0.2, 0.25) is 0 Å². The second-order valence-corrected chi connectivity index (χ2v) is 10.8. The zero-order chi connectivity index (χ0) is 23.0. The van der Waals surface area contributed by atoms with Crippen molar-refractivity contribution < 1.29 is 33.9 Å². The average molecular weight is 471 g/mol. The molecule has 0 aromatic heterocycles. The molecule has 0 amide bonds. The molecule has 0 aromatic rings. The van der Waals surface area contributed by atoms with Crippen molar-refractivity contribution in [1.29, 1.82) is 0 Å². The van der Waals surface area contributed by atoms with Crippen LogP contribution in [-0.4, -0.2) is 87.0 Å². The Balaban J connectivity index is 1.16. The van der Waals surface area contributed by atoms with Gasteiger partial charge in [-0.2, -0.15) is 0 Å². The van der Waals surface area contributed by atoms with Crippen LogP contribution in [0.4, 0.5) is 0 Å². The van der Waals surface area contributed by atoms with Gasteiger partial charge >= 0.3 is 0 Å². The Hall–Kier alpha value is -0.280. The van der Waals surface area contributed by atoms with Crippen LogP contribution < -0.4 is 0 Å². The summed E-state index contributed by atoms with van der Waals surface area (Å²) in [5.41, 5.74) is 0. The molecule has 2 saturated heterocycles. The van der Waals surface area contributed by atoms with Gasteiger partial charge in [-0.15, -0.1) is 0 Å². The largest absolute Gasteiger partial charge is 0.390 e. The number of aliphatic hydroxyl groups excluding tert-OH is 2. The van der Waals surface area contributed by atoms with E-state index in [9.17, 15) is 10.2 Å². The van der Waals surface area contributed by atoms with Crippen LogP contribution in [0.25, 0.3) is 0 Å². The Morgan fingerprint density at radius 1 is 0.758 bits per heavy atom. The molecule has 2 saturated carbocycles. The minimum absolute atomic E-state index is 0.233. The van der Waals surface area contributed by atoms with Crippen LogP contribution in [0, 0.1) is 23.7 Å². The highest BCUT2D eigenvalue weighted by Crippen LogP contribution is 2.39. The van der Waals surface area contributed by atoms with Crippen LogP contribution in [-0.2, 0) is 23.7 Å². The predicted molar refractivity (Wildman–Crippen MR) is 124 cm³/mol. The highest BCUT2D eigenvalue weighted by Gasteiger charge is 2.39. The number of hydrogen-bond donors (Lipinski definition) is 2. The van der Waals surface area contributed by atoms with Crippen LogP contribution >= 0.6 is 0 Å². The second kappa shape index (κ2) is 13.1. The Labute approximate surface area is 199 Å². The van der Waals surface area contributed by atoms with Gasteiger partial charge in [-0.1, -0.05) is 19.8 Å². The van der Waals surface area contributed by atoms with E-state index >= 15 is 0 Å². The molecule has 4 aliphatic rings. The molecule has 0 aromatic carbocycles. The first-order valence-corrected chi connectivity index (χ1v) is 13.5. The van der Waals surface area contributed by atoms with E-state index in [1.165, 1.54) is 12.8 Å². The number of ether oxygens (including phenoxy) is 5. The molecule has 2 N–H and O–H groups in total. The second-order valence-electron chi connectivity index (χ2n) is 10.8. The fourth-order valence-corrected chi connectivity index (χ4v) is 5.89. The van der Waals surface area contributed by atoms with E-state index in [0.717, 1.165) is 58.2 Å². The standard InChI is InChI=1S/C26H46O7/c1-2-9-29-12-22(31-15-24(28)19-6-4-8-21(11-19)26-17-33-26)13-30-14-23(27)18-5-3-7-20(10-18)25-16-32-25/h18-28H,2-17H2,1H3. The third kappa shape index (κ3) is 8.41. The van der Waals surface area contributed by atoms with E-state index in [2.05, 4.69) is 6.92 Å². The van der Waals surface area contributed by atoms with Crippen LogP contribution in [0.5, 0.6) is 0 Å². The van der Waals surface area contributed by atoms with Gasteiger partial charge in [0.15, 0.2) is 0 Å². The van der Waals surface area contributed by atoms with Crippen molar-refractivity contribution in [3.63, 3.8) is 0 Å². The fourth-order valence-electron chi connectivity index (χ4n) is 5.89. The maximum absolute atomic E-state index is 10.8. The molecule has 0 spiro atoms. The Morgan fingerprint density at radius 2 is 1.30 bits per heavy atom.